The maximum atomic E-state index is 5.80. The minimum absolute atomic E-state index is 0.302. The highest BCUT2D eigenvalue weighted by molar-refractivity contribution is 4.83. The first-order chi connectivity index (χ1) is 9.83. The van der Waals surface area contributed by atoms with Crippen LogP contribution in [0.25, 0.3) is 0 Å². The highest BCUT2D eigenvalue weighted by atomic mass is 16.5. The van der Waals surface area contributed by atoms with Gasteiger partial charge in [-0.3, -0.25) is 11.3 Å². The number of rotatable bonds is 11. The van der Waals surface area contributed by atoms with E-state index in [4.69, 9.17) is 10.6 Å². The Balaban J connectivity index is 2.26. The van der Waals surface area contributed by atoms with Gasteiger partial charge in [-0.05, 0) is 25.2 Å². The van der Waals surface area contributed by atoms with Crippen LogP contribution in [0.3, 0.4) is 0 Å². The average molecular weight is 284 g/mol. The molecule has 0 aromatic carbocycles. The lowest BCUT2D eigenvalue weighted by Gasteiger charge is -2.34. The molecule has 3 nitrogen and oxygen atoms in total. The number of unbranched alkanes of at least 4 members (excludes halogenated alkanes) is 5. The molecule has 0 aromatic rings. The predicted octanol–water partition coefficient (Wildman–Crippen LogP) is 4.16. The summed E-state index contributed by atoms with van der Waals surface area (Å²) in [6.07, 6.45) is 16.2. The third-order valence-electron chi connectivity index (χ3n) is 4.87. The van der Waals surface area contributed by atoms with Gasteiger partial charge >= 0.3 is 0 Å². The molecule has 0 saturated heterocycles. The second kappa shape index (κ2) is 11.5. The molecular weight excluding hydrogens is 248 g/mol. The SMILES string of the molecule is CCCCCCCCC(NN)C(OC)C1CCCCC1. The van der Waals surface area contributed by atoms with Gasteiger partial charge in [0.15, 0.2) is 0 Å². The summed E-state index contributed by atoms with van der Waals surface area (Å²) in [5.74, 6) is 6.49. The van der Waals surface area contributed by atoms with Crippen molar-refractivity contribution in [1.29, 1.82) is 0 Å². The van der Waals surface area contributed by atoms with E-state index in [1.807, 2.05) is 7.11 Å². The van der Waals surface area contributed by atoms with E-state index in [0.717, 1.165) is 6.42 Å². The van der Waals surface area contributed by atoms with Crippen LogP contribution in [0.5, 0.6) is 0 Å². The first-order valence-corrected chi connectivity index (χ1v) is 8.82. The lowest BCUT2D eigenvalue weighted by molar-refractivity contribution is 0.00545. The van der Waals surface area contributed by atoms with Crippen molar-refractivity contribution < 1.29 is 4.74 Å². The lowest BCUT2D eigenvalue weighted by Crippen LogP contribution is -2.48. The second-order valence-corrected chi connectivity index (χ2v) is 6.43. The Labute approximate surface area is 126 Å². The van der Waals surface area contributed by atoms with Crippen LogP contribution in [0.1, 0.15) is 84.0 Å². The van der Waals surface area contributed by atoms with Crippen LogP contribution in [-0.2, 0) is 4.74 Å². The maximum Gasteiger partial charge on any atom is 0.0765 e. The van der Waals surface area contributed by atoms with Crippen molar-refractivity contribution in [2.45, 2.75) is 96.1 Å². The lowest BCUT2D eigenvalue weighted by atomic mass is 9.81. The summed E-state index contributed by atoms with van der Waals surface area (Å²) in [6, 6.07) is 0.328. The quantitative estimate of drug-likeness (QED) is 0.340. The molecule has 1 fully saturated rings. The third kappa shape index (κ3) is 6.55. The number of nitrogens with two attached hydrogens (primary N) is 1. The summed E-state index contributed by atoms with van der Waals surface area (Å²) in [6.45, 7) is 2.27. The van der Waals surface area contributed by atoms with E-state index < -0.39 is 0 Å². The van der Waals surface area contributed by atoms with Gasteiger partial charge in [0.1, 0.15) is 0 Å². The van der Waals surface area contributed by atoms with Crippen LogP contribution in [0.4, 0.5) is 0 Å². The van der Waals surface area contributed by atoms with Gasteiger partial charge in [0.05, 0.1) is 6.10 Å². The second-order valence-electron chi connectivity index (χ2n) is 6.43. The van der Waals surface area contributed by atoms with E-state index in [9.17, 15) is 0 Å². The number of methoxy groups -OCH3 is 1. The summed E-state index contributed by atoms with van der Waals surface area (Å²) in [7, 11) is 1.85. The largest absolute Gasteiger partial charge is 0.379 e. The van der Waals surface area contributed by atoms with Crippen LogP contribution in [0.15, 0.2) is 0 Å². The summed E-state index contributed by atoms with van der Waals surface area (Å²) >= 11 is 0. The minimum atomic E-state index is 0.302. The van der Waals surface area contributed by atoms with E-state index in [-0.39, 0.29) is 0 Å². The molecule has 0 aliphatic heterocycles. The monoisotopic (exact) mass is 284 g/mol. The van der Waals surface area contributed by atoms with Crippen molar-refractivity contribution in [3.05, 3.63) is 0 Å². The summed E-state index contributed by atoms with van der Waals surface area (Å²) in [4.78, 5) is 0. The Morgan fingerprint density at radius 3 is 2.30 bits per heavy atom. The van der Waals surface area contributed by atoms with Gasteiger partial charge in [-0.25, -0.2) is 0 Å². The van der Waals surface area contributed by atoms with Gasteiger partial charge in [0.25, 0.3) is 0 Å². The number of hydrazine groups is 1. The van der Waals surface area contributed by atoms with E-state index in [0.29, 0.717) is 18.1 Å². The topological polar surface area (TPSA) is 47.3 Å². The molecule has 0 amide bonds. The Hall–Kier alpha value is -0.120. The summed E-state index contributed by atoms with van der Waals surface area (Å²) in [5.41, 5.74) is 3.03. The van der Waals surface area contributed by atoms with Crippen molar-refractivity contribution in [3.63, 3.8) is 0 Å². The smallest absolute Gasteiger partial charge is 0.0765 e. The van der Waals surface area contributed by atoms with Crippen molar-refractivity contribution >= 4 is 0 Å². The zero-order valence-electron chi connectivity index (χ0n) is 13.7. The van der Waals surface area contributed by atoms with Gasteiger partial charge in [0, 0.05) is 13.2 Å². The van der Waals surface area contributed by atoms with Crippen LogP contribution < -0.4 is 11.3 Å². The molecule has 2 unspecified atom stereocenters. The molecule has 0 spiro atoms. The molecule has 120 valence electrons. The Morgan fingerprint density at radius 2 is 1.70 bits per heavy atom. The van der Waals surface area contributed by atoms with Crippen molar-refractivity contribution in [3.8, 4) is 0 Å². The highest BCUT2D eigenvalue weighted by Crippen LogP contribution is 2.30. The first kappa shape index (κ1) is 17.9. The third-order valence-corrected chi connectivity index (χ3v) is 4.87. The zero-order chi connectivity index (χ0) is 14.6. The molecule has 1 rings (SSSR count). The normalized spacial score (nSPS) is 19.9. The highest BCUT2D eigenvalue weighted by Gasteiger charge is 2.29. The molecule has 0 bridgehead atoms. The van der Waals surface area contributed by atoms with Crippen molar-refractivity contribution in [2.75, 3.05) is 7.11 Å². The fourth-order valence-corrected chi connectivity index (χ4v) is 3.63. The molecule has 3 heteroatoms. The molecule has 1 saturated carbocycles. The number of ether oxygens (including phenoxy) is 1. The molecule has 2 atom stereocenters. The van der Waals surface area contributed by atoms with Gasteiger partial charge in [0.2, 0.25) is 0 Å². The zero-order valence-corrected chi connectivity index (χ0v) is 13.7. The molecule has 0 radical (unpaired) electrons. The summed E-state index contributed by atoms with van der Waals surface area (Å²) in [5, 5.41) is 0. The van der Waals surface area contributed by atoms with Crippen LogP contribution in [0.2, 0.25) is 0 Å². The molecule has 0 heterocycles. The number of nitrogens with one attached hydrogen (secondary N) is 1. The fourth-order valence-electron chi connectivity index (χ4n) is 3.63. The van der Waals surface area contributed by atoms with Crippen LogP contribution >= 0.6 is 0 Å². The Bertz CT molecular complexity index is 217. The van der Waals surface area contributed by atoms with E-state index in [1.54, 1.807) is 0 Å². The van der Waals surface area contributed by atoms with Crippen molar-refractivity contribution in [2.24, 2.45) is 11.8 Å². The van der Waals surface area contributed by atoms with E-state index in [2.05, 4.69) is 12.3 Å². The Morgan fingerprint density at radius 1 is 1.05 bits per heavy atom. The molecular formula is C17H36N2O. The Kier molecular flexibility index (Phi) is 10.3. The average Bonchev–Trinajstić information content (AvgIpc) is 2.50. The summed E-state index contributed by atoms with van der Waals surface area (Å²) < 4.78 is 5.80. The molecule has 20 heavy (non-hydrogen) atoms. The minimum Gasteiger partial charge on any atom is -0.379 e. The van der Waals surface area contributed by atoms with Crippen LogP contribution in [-0.4, -0.2) is 19.3 Å². The van der Waals surface area contributed by atoms with Gasteiger partial charge < -0.3 is 4.74 Å². The molecule has 1 aliphatic rings. The maximum absolute atomic E-state index is 5.80. The number of hydrogen-bond acceptors (Lipinski definition) is 3. The molecule has 1 aliphatic carbocycles. The molecule has 0 aromatic heterocycles. The predicted molar refractivity (Wildman–Crippen MR) is 86.5 cm³/mol. The van der Waals surface area contributed by atoms with Crippen LogP contribution in [0, 0.1) is 5.92 Å². The van der Waals surface area contributed by atoms with Gasteiger partial charge in [-0.2, -0.15) is 0 Å². The van der Waals surface area contributed by atoms with E-state index >= 15 is 0 Å². The van der Waals surface area contributed by atoms with E-state index in [1.165, 1.54) is 70.6 Å². The number of hydrogen-bond donors (Lipinski definition) is 2. The standard InChI is InChI=1S/C17H36N2O/c1-3-4-5-6-7-11-14-16(19-18)17(20-2)15-12-9-8-10-13-15/h15-17,19H,3-14,18H2,1-2H3. The first-order valence-electron chi connectivity index (χ1n) is 8.82. The van der Waals surface area contributed by atoms with Gasteiger partial charge in [-0.1, -0.05) is 64.7 Å². The van der Waals surface area contributed by atoms with Crippen molar-refractivity contribution in [1.82, 2.24) is 5.43 Å². The van der Waals surface area contributed by atoms with Gasteiger partial charge in [-0.15, -0.1) is 0 Å². The molecule has 3 N–H and O–H groups in total. The fraction of sp³-hybridized carbons (Fsp3) is 1.00.